The Bertz CT molecular complexity index is 942. The van der Waals surface area contributed by atoms with E-state index < -0.39 is 11.7 Å². The normalized spacial score (nSPS) is 30.9. The number of aliphatic hydroxyl groups is 1. The number of hydrogen-bond acceptors (Lipinski definition) is 3. The van der Waals surface area contributed by atoms with Crippen molar-refractivity contribution in [3.05, 3.63) is 60.2 Å². The first-order chi connectivity index (χ1) is 14.3. The van der Waals surface area contributed by atoms with Gasteiger partial charge in [-0.25, -0.2) is 9.18 Å². The van der Waals surface area contributed by atoms with E-state index in [-0.39, 0.29) is 23.7 Å². The summed E-state index contributed by atoms with van der Waals surface area (Å²) in [5, 5.41) is 22.7. The van der Waals surface area contributed by atoms with Crippen LogP contribution in [0.2, 0.25) is 0 Å². The van der Waals surface area contributed by atoms with Gasteiger partial charge in [0.2, 0.25) is 0 Å². The fourth-order valence-electron chi connectivity index (χ4n) is 5.29. The number of carbonyl (C=O) groups is 1. The van der Waals surface area contributed by atoms with Crippen LogP contribution in [0.4, 0.5) is 9.18 Å². The van der Waals surface area contributed by atoms with Crippen LogP contribution in [0.25, 0.3) is 17.2 Å². The van der Waals surface area contributed by atoms with Crippen molar-refractivity contribution in [3.8, 4) is 11.1 Å². The van der Waals surface area contributed by atoms with Crippen LogP contribution in [-0.2, 0) is 0 Å². The third-order valence-corrected chi connectivity index (χ3v) is 6.65. The zero-order valence-corrected chi connectivity index (χ0v) is 17.0. The molecule has 1 heterocycles. The number of nitrogens with one attached hydrogen (secondary N) is 1. The Morgan fingerprint density at radius 1 is 1.27 bits per heavy atom. The Labute approximate surface area is 175 Å². The highest BCUT2D eigenvalue weighted by molar-refractivity contribution is 5.65. The van der Waals surface area contributed by atoms with Crippen LogP contribution in [0.15, 0.2) is 48.7 Å². The molecule has 2 unspecified atom stereocenters. The summed E-state index contributed by atoms with van der Waals surface area (Å²) in [4.78, 5) is 15.5. The summed E-state index contributed by atoms with van der Waals surface area (Å²) < 4.78 is 13.4. The van der Waals surface area contributed by atoms with Gasteiger partial charge in [-0.05, 0) is 74.3 Å². The molecule has 2 aliphatic rings. The summed E-state index contributed by atoms with van der Waals surface area (Å²) in [6.45, 7) is 1.88. The van der Waals surface area contributed by atoms with E-state index in [9.17, 15) is 14.3 Å². The third-order valence-electron chi connectivity index (χ3n) is 6.65. The van der Waals surface area contributed by atoms with E-state index in [0.29, 0.717) is 5.92 Å². The second-order valence-electron chi connectivity index (χ2n) is 8.81. The summed E-state index contributed by atoms with van der Waals surface area (Å²) in [6, 6.07) is 10.1. The molecule has 2 fully saturated rings. The maximum Gasteiger partial charge on any atom is 0.404 e. The summed E-state index contributed by atoms with van der Waals surface area (Å²) in [7, 11) is 0. The quantitative estimate of drug-likeness (QED) is 0.681. The molecule has 1 aromatic heterocycles. The van der Waals surface area contributed by atoms with E-state index >= 15 is 0 Å². The van der Waals surface area contributed by atoms with E-state index in [2.05, 4.69) is 10.3 Å². The van der Waals surface area contributed by atoms with Crippen molar-refractivity contribution in [1.29, 1.82) is 0 Å². The Morgan fingerprint density at radius 2 is 2.10 bits per heavy atom. The SMILES string of the molecule is CC1(O)C[C@@H]2CCC(NC(=O)O)C[C@H]2[C@@H]1C=Cc1ccc(-c2cccc(F)c2)cn1. The van der Waals surface area contributed by atoms with E-state index in [1.165, 1.54) is 12.1 Å². The molecule has 1 aromatic carbocycles. The van der Waals surface area contributed by atoms with Gasteiger partial charge < -0.3 is 15.5 Å². The molecular formula is C24H27FN2O3. The average Bonchev–Trinajstić information content (AvgIpc) is 2.95. The highest BCUT2D eigenvalue weighted by Gasteiger charge is 2.50. The van der Waals surface area contributed by atoms with Gasteiger partial charge in [0, 0.05) is 23.7 Å². The largest absolute Gasteiger partial charge is 0.465 e. The summed E-state index contributed by atoms with van der Waals surface area (Å²) >= 11 is 0. The van der Waals surface area contributed by atoms with Crippen molar-refractivity contribution in [2.45, 2.75) is 44.2 Å². The van der Waals surface area contributed by atoms with Crippen LogP contribution >= 0.6 is 0 Å². The average molecular weight is 410 g/mol. The minimum absolute atomic E-state index is 0.0504. The van der Waals surface area contributed by atoms with Crippen molar-refractivity contribution in [2.24, 2.45) is 17.8 Å². The number of pyridine rings is 1. The Kier molecular flexibility index (Phi) is 5.60. The lowest BCUT2D eigenvalue weighted by Crippen LogP contribution is -2.40. The van der Waals surface area contributed by atoms with Gasteiger partial charge in [0.1, 0.15) is 5.82 Å². The van der Waals surface area contributed by atoms with Crippen molar-refractivity contribution in [2.75, 3.05) is 0 Å². The van der Waals surface area contributed by atoms with Gasteiger partial charge in [0.15, 0.2) is 0 Å². The number of hydrogen-bond donors (Lipinski definition) is 3. The number of rotatable bonds is 4. The Morgan fingerprint density at radius 3 is 2.80 bits per heavy atom. The van der Waals surface area contributed by atoms with Crippen LogP contribution in [0.1, 0.15) is 38.3 Å². The standard InChI is InChI=1S/C24H27FN2O3/c1-24(30)13-16-5-8-20(27-23(28)29)12-21(16)22(24)10-9-19-7-6-17(14-26-19)15-3-2-4-18(25)11-15/h2-4,6-7,9-11,14,16,20-22,27,30H,5,8,12-13H2,1H3,(H,28,29)/t16-,20?,21+,22-,24?/m0/s1. The fraction of sp³-hybridized carbons (Fsp3) is 0.417. The highest BCUT2D eigenvalue weighted by Crippen LogP contribution is 2.51. The number of aromatic nitrogens is 1. The zero-order valence-electron chi connectivity index (χ0n) is 17.0. The molecule has 2 aliphatic carbocycles. The lowest BCUT2D eigenvalue weighted by molar-refractivity contribution is 0.0292. The number of fused-ring (bicyclic) bond motifs is 1. The number of amides is 1. The van der Waals surface area contributed by atoms with E-state index in [0.717, 1.165) is 42.5 Å². The molecule has 3 N–H and O–H groups in total. The van der Waals surface area contributed by atoms with Gasteiger partial charge in [-0.1, -0.05) is 24.3 Å². The molecule has 0 saturated heterocycles. The molecule has 0 aliphatic heterocycles. The first-order valence-corrected chi connectivity index (χ1v) is 10.4. The molecule has 1 amide bonds. The number of halogens is 1. The van der Waals surface area contributed by atoms with Crippen LogP contribution in [0.5, 0.6) is 0 Å². The maximum absolute atomic E-state index is 13.4. The molecule has 4 rings (SSSR count). The van der Waals surface area contributed by atoms with Crippen LogP contribution in [0, 0.1) is 23.6 Å². The number of benzene rings is 1. The fourth-order valence-corrected chi connectivity index (χ4v) is 5.29. The van der Waals surface area contributed by atoms with Gasteiger partial charge in [0.05, 0.1) is 11.3 Å². The van der Waals surface area contributed by atoms with Gasteiger partial charge >= 0.3 is 6.09 Å². The lowest BCUT2D eigenvalue weighted by atomic mass is 9.75. The molecule has 5 nitrogen and oxygen atoms in total. The predicted octanol–water partition coefficient (Wildman–Crippen LogP) is 4.72. The number of nitrogens with zero attached hydrogens (tertiary/aromatic N) is 1. The van der Waals surface area contributed by atoms with Gasteiger partial charge in [0.25, 0.3) is 0 Å². The lowest BCUT2D eigenvalue weighted by Gasteiger charge is -2.34. The van der Waals surface area contributed by atoms with Gasteiger partial charge in [-0.15, -0.1) is 0 Å². The highest BCUT2D eigenvalue weighted by atomic mass is 19.1. The van der Waals surface area contributed by atoms with E-state index in [4.69, 9.17) is 5.11 Å². The first-order valence-electron chi connectivity index (χ1n) is 10.4. The number of carboxylic acid groups (broad SMARTS) is 1. The minimum Gasteiger partial charge on any atom is -0.465 e. The molecule has 158 valence electrons. The predicted molar refractivity (Wildman–Crippen MR) is 113 cm³/mol. The molecule has 2 aromatic rings. The Balaban J connectivity index is 1.49. The molecule has 0 spiro atoms. The van der Waals surface area contributed by atoms with Crippen molar-refractivity contribution in [3.63, 3.8) is 0 Å². The van der Waals surface area contributed by atoms with Crippen LogP contribution in [-0.4, -0.2) is 32.9 Å². The molecule has 5 atom stereocenters. The Hall–Kier alpha value is -2.73. The van der Waals surface area contributed by atoms with Gasteiger partial charge in [-0.3, -0.25) is 4.98 Å². The monoisotopic (exact) mass is 410 g/mol. The van der Waals surface area contributed by atoms with E-state index in [1.807, 2.05) is 37.3 Å². The van der Waals surface area contributed by atoms with Crippen LogP contribution in [0.3, 0.4) is 0 Å². The van der Waals surface area contributed by atoms with Crippen molar-refractivity contribution in [1.82, 2.24) is 10.3 Å². The maximum atomic E-state index is 13.4. The summed E-state index contributed by atoms with van der Waals surface area (Å²) in [5.74, 6) is 0.321. The zero-order chi connectivity index (χ0) is 21.3. The first kappa shape index (κ1) is 20.5. The van der Waals surface area contributed by atoms with E-state index in [1.54, 1.807) is 12.3 Å². The molecule has 0 bridgehead atoms. The molecule has 30 heavy (non-hydrogen) atoms. The second kappa shape index (κ2) is 8.19. The second-order valence-corrected chi connectivity index (χ2v) is 8.81. The minimum atomic E-state index is -0.988. The molecule has 6 heteroatoms. The van der Waals surface area contributed by atoms with Crippen LogP contribution < -0.4 is 5.32 Å². The van der Waals surface area contributed by atoms with Crippen molar-refractivity contribution >= 4 is 12.2 Å². The molecular weight excluding hydrogens is 383 g/mol. The molecule has 0 radical (unpaired) electrons. The topological polar surface area (TPSA) is 82.5 Å². The smallest absolute Gasteiger partial charge is 0.404 e. The third kappa shape index (κ3) is 4.38. The molecule has 2 saturated carbocycles. The summed E-state index contributed by atoms with van der Waals surface area (Å²) in [5.41, 5.74) is 1.57. The van der Waals surface area contributed by atoms with Crippen molar-refractivity contribution < 1.29 is 19.4 Å². The summed E-state index contributed by atoms with van der Waals surface area (Å²) in [6.07, 6.45) is 7.91. The van der Waals surface area contributed by atoms with Gasteiger partial charge in [-0.2, -0.15) is 0 Å².